The Morgan fingerprint density at radius 3 is 2.79 bits per heavy atom. The summed E-state index contributed by atoms with van der Waals surface area (Å²) in [6, 6.07) is 7.31. The van der Waals surface area contributed by atoms with Crippen LogP contribution < -0.4 is 10.9 Å². The summed E-state index contributed by atoms with van der Waals surface area (Å²) in [5.74, 6) is 0.335. The first-order valence-corrected chi connectivity index (χ1v) is 11.0. The van der Waals surface area contributed by atoms with E-state index in [0.717, 1.165) is 19.3 Å². The fourth-order valence-corrected chi connectivity index (χ4v) is 4.74. The molecule has 1 aromatic carbocycles. The zero-order chi connectivity index (χ0) is 21.0. The Labute approximate surface area is 174 Å². The van der Waals surface area contributed by atoms with Crippen molar-refractivity contribution in [1.82, 2.24) is 14.9 Å². The highest BCUT2D eigenvalue weighted by molar-refractivity contribution is 7.99. The van der Waals surface area contributed by atoms with E-state index in [9.17, 15) is 14.4 Å². The van der Waals surface area contributed by atoms with Gasteiger partial charge in [-0.1, -0.05) is 50.6 Å². The highest BCUT2D eigenvalue weighted by Gasteiger charge is 2.31. The number of thioether (sulfide) groups is 1. The summed E-state index contributed by atoms with van der Waals surface area (Å²) >= 11 is 1.17. The van der Waals surface area contributed by atoms with Crippen LogP contribution in [0.3, 0.4) is 0 Å². The molecule has 0 unspecified atom stereocenters. The number of carbonyl (C=O) groups excluding carboxylic acids is 2. The average Bonchev–Trinajstić information content (AvgIpc) is 2.69. The molecule has 156 valence electrons. The van der Waals surface area contributed by atoms with Gasteiger partial charge in [0.25, 0.3) is 5.56 Å². The van der Waals surface area contributed by atoms with Crippen LogP contribution in [0.2, 0.25) is 0 Å². The van der Waals surface area contributed by atoms with Gasteiger partial charge < -0.3 is 4.74 Å². The lowest BCUT2D eigenvalue weighted by Crippen LogP contribution is -2.36. The van der Waals surface area contributed by atoms with Gasteiger partial charge in [0.05, 0.1) is 23.3 Å². The number of hydrogen-bond acceptors (Lipinski definition) is 6. The van der Waals surface area contributed by atoms with E-state index in [1.807, 2.05) is 12.1 Å². The van der Waals surface area contributed by atoms with E-state index in [0.29, 0.717) is 27.9 Å². The summed E-state index contributed by atoms with van der Waals surface area (Å²) in [4.78, 5) is 41.6. The van der Waals surface area contributed by atoms with E-state index in [4.69, 9.17) is 4.74 Å². The summed E-state index contributed by atoms with van der Waals surface area (Å²) in [5.41, 5.74) is 0.536. The molecule has 1 heterocycles. The van der Waals surface area contributed by atoms with Gasteiger partial charge in [-0.05, 0) is 37.3 Å². The molecule has 0 aliphatic heterocycles. The second-order valence-corrected chi connectivity index (χ2v) is 8.42. The number of imide groups is 1. The van der Waals surface area contributed by atoms with Gasteiger partial charge in [-0.3, -0.25) is 19.5 Å². The molecule has 3 atom stereocenters. The first-order chi connectivity index (χ1) is 13.9. The maximum atomic E-state index is 13.3. The van der Waals surface area contributed by atoms with Crippen molar-refractivity contribution in [2.45, 2.75) is 51.2 Å². The van der Waals surface area contributed by atoms with Crippen LogP contribution in [0.5, 0.6) is 0 Å². The topological polar surface area (TPSA) is 90.3 Å². The third-order valence-corrected chi connectivity index (χ3v) is 6.57. The minimum atomic E-state index is -0.767. The van der Waals surface area contributed by atoms with Crippen molar-refractivity contribution in [1.29, 1.82) is 0 Å². The first-order valence-electron chi connectivity index (χ1n) is 10.0. The van der Waals surface area contributed by atoms with Gasteiger partial charge in [0.1, 0.15) is 0 Å². The van der Waals surface area contributed by atoms with Crippen LogP contribution in [0.25, 0.3) is 10.9 Å². The molecule has 0 bridgehead atoms. The van der Waals surface area contributed by atoms with Gasteiger partial charge in [-0.25, -0.2) is 9.78 Å². The van der Waals surface area contributed by atoms with Crippen molar-refractivity contribution in [3.05, 3.63) is 34.6 Å². The molecule has 2 aromatic rings. The van der Waals surface area contributed by atoms with Crippen molar-refractivity contribution < 1.29 is 14.3 Å². The SMILES string of the molecule is CCOC(=O)NC(=O)CSc1nc2ccccc2c(=O)n1[C@H]1CCC[C@@H](C)[C@@H]1C. The van der Waals surface area contributed by atoms with E-state index in [1.165, 1.54) is 11.8 Å². The monoisotopic (exact) mass is 417 g/mol. The number of ether oxygens (including phenoxy) is 1. The largest absolute Gasteiger partial charge is 0.450 e. The van der Waals surface area contributed by atoms with E-state index < -0.39 is 12.0 Å². The number of nitrogens with one attached hydrogen (secondary N) is 1. The molecule has 0 spiro atoms. The molecule has 0 saturated heterocycles. The Bertz CT molecular complexity index is 959. The van der Waals surface area contributed by atoms with Crippen LogP contribution >= 0.6 is 11.8 Å². The van der Waals surface area contributed by atoms with Gasteiger partial charge in [0.15, 0.2) is 5.16 Å². The number of carbonyl (C=O) groups is 2. The summed E-state index contributed by atoms with van der Waals surface area (Å²) < 4.78 is 6.50. The molecule has 1 aliphatic carbocycles. The molecule has 2 amide bonds. The summed E-state index contributed by atoms with van der Waals surface area (Å²) in [6.07, 6.45) is 2.35. The second-order valence-electron chi connectivity index (χ2n) is 7.48. The Balaban J connectivity index is 1.93. The Morgan fingerprint density at radius 1 is 1.28 bits per heavy atom. The number of rotatable bonds is 5. The van der Waals surface area contributed by atoms with E-state index in [2.05, 4.69) is 24.1 Å². The number of benzene rings is 1. The van der Waals surface area contributed by atoms with Crippen LogP contribution in [0.4, 0.5) is 4.79 Å². The van der Waals surface area contributed by atoms with Gasteiger partial charge >= 0.3 is 6.09 Å². The molecule has 1 aliphatic rings. The molecule has 8 heteroatoms. The van der Waals surface area contributed by atoms with Crippen LogP contribution in [0.1, 0.15) is 46.1 Å². The molecule has 1 fully saturated rings. The fraction of sp³-hybridized carbons (Fsp3) is 0.524. The predicted molar refractivity (Wildman–Crippen MR) is 113 cm³/mol. The number of hydrogen-bond donors (Lipinski definition) is 1. The van der Waals surface area contributed by atoms with Crippen molar-refractivity contribution in [2.75, 3.05) is 12.4 Å². The fourth-order valence-electron chi connectivity index (χ4n) is 3.89. The minimum Gasteiger partial charge on any atom is -0.450 e. The Hall–Kier alpha value is -2.35. The second kappa shape index (κ2) is 9.43. The molecule has 7 nitrogen and oxygen atoms in total. The normalized spacial score (nSPS) is 21.7. The smallest absolute Gasteiger partial charge is 0.413 e. The first kappa shape index (κ1) is 21.4. The maximum absolute atomic E-state index is 13.3. The number of fused-ring (bicyclic) bond motifs is 1. The lowest BCUT2D eigenvalue weighted by atomic mass is 9.78. The number of alkyl carbamates (subject to hydrolysis) is 1. The van der Waals surface area contributed by atoms with Crippen LogP contribution in [0, 0.1) is 11.8 Å². The van der Waals surface area contributed by atoms with Gasteiger partial charge in [0, 0.05) is 6.04 Å². The summed E-state index contributed by atoms with van der Waals surface area (Å²) in [7, 11) is 0. The Morgan fingerprint density at radius 2 is 2.03 bits per heavy atom. The van der Waals surface area contributed by atoms with E-state index in [1.54, 1.807) is 23.6 Å². The van der Waals surface area contributed by atoms with Crippen LogP contribution in [0.15, 0.2) is 34.2 Å². The number of aromatic nitrogens is 2. The zero-order valence-electron chi connectivity index (χ0n) is 17.0. The molecule has 1 saturated carbocycles. The van der Waals surface area contributed by atoms with Crippen molar-refractivity contribution >= 4 is 34.7 Å². The van der Waals surface area contributed by atoms with E-state index in [-0.39, 0.29) is 24.0 Å². The molecular formula is C21H27N3O4S. The van der Waals surface area contributed by atoms with E-state index >= 15 is 0 Å². The van der Waals surface area contributed by atoms with Gasteiger partial charge in [0.2, 0.25) is 5.91 Å². The van der Waals surface area contributed by atoms with Crippen molar-refractivity contribution in [2.24, 2.45) is 11.8 Å². The number of amides is 2. The summed E-state index contributed by atoms with van der Waals surface area (Å²) in [6.45, 7) is 6.26. The lowest BCUT2D eigenvalue weighted by molar-refractivity contribution is -0.117. The highest BCUT2D eigenvalue weighted by Crippen LogP contribution is 2.38. The number of nitrogens with zero attached hydrogens (tertiary/aromatic N) is 2. The predicted octanol–water partition coefficient (Wildman–Crippen LogP) is 3.76. The third kappa shape index (κ3) is 4.80. The van der Waals surface area contributed by atoms with Gasteiger partial charge in [-0.15, -0.1) is 0 Å². The third-order valence-electron chi connectivity index (χ3n) is 5.62. The van der Waals surface area contributed by atoms with Crippen LogP contribution in [-0.4, -0.2) is 33.9 Å². The molecule has 1 aromatic heterocycles. The van der Waals surface area contributed by atoms with Crippen molar-refractivity contribution in [3.8, 4) is 0 Å². The Kier molecular flexibility index (Phi) is 6.95. The molecule has 0 radical (unpaired) electrons. The molecule has 29 heavy (non-hydrogen) atoms. The highest BCUT2D eigenvalue weighted by atomic mass is 32.2. The quantitative estimate of drug-likeness (QED) is 0.588. The van der Waals surface area contributed by atoms with Gasteiger partial charge in [-0.2, -0.15) is 0 Å². The standard InChI is InChI=1S/C21H27N3O4S/c1-4-28-21(27)23-18(25)12-29-20-22-16-10-6-5-9-15(16)19(26)24(20)17-11-7-8-13(2)14(17)3/h5-6,9-10,13-14,17H,4,7-8,11-12H2,1-3H3,(H,23,25,27)/t13-,14+,17+/m1/s1. The number of para-hydroxylation sites is 1. The lowest BCUT2D eigenvalue weighted by Gasteiger charge is -2.36. The molecular weight excluding hydrogens is 390 g/mol. The summed E-state index contributed by atoms with van der Waals surface area (Å²) in [5, 5.41) is 3.28. The minimum absolute atomic E-state index is 0.0275. The van der Waals surface area contributed by atoms with Crippen LogP contribution in [-0.2, 0) is 9.53 Å². The van der Waals surface area contributed by atoms with Crippen molar-refractivity contribution in [3.63, 3.8) is 0 Å². The average molecular weight is 418 g/mol. The molecule has 3 rings (SSSR count). The molecule has 1 N–H and O–H groups in total. The maximum Gasteiger partial charge on any atom is 0.413 e. The zero-order valence-corrected chi connectivity index (χ0v) is 17.8.